The van der Waals surface area contributed by atoms with Crippen LogP contribution < -0.4 is 5.32 Å². The number of hydrogen-bond acceptors (Lipinski definition) is 5. The fourth-order valence-electron chi connectivity index (χ4n) is 3.83. The lowest BCUT2D eigenvalue weighted by Gasteiger charge is -2.34. The quantitative estimate of drug-likeness (QED) is 0.754. The summed E-state index contributed by atoms with van der Waals surface area (Å²) in [5.41, 5.74) is 4.52. The normalized spacial score (nSPS) is 16.7. The zero-order chi connectivity index (χ0) is 21.0. The highest BCUT2D eigenvalue weighted by molar-refractivity contribution is 7.12. The number of rotatable bonds is 7. The Morgan fingerprint density at radius 1 is 1.21 bits per heavy atom. The summed E-state index contributed by atoms with van der Waals surface area (Å²) in [6.45, 7) is 13.7. The van der Waals surface area contributed by atoms with Crippen LogP contribution in [0, 0.1) is 20.8 Å². The monoisotopic (exact) mass is 414 g/mol. The summed E-state index contributed by atoms with van der Waals surface area (Å²) in [4.78, 5) is 23.5. The van der Waals surface area contributed by atoms with Crippen LogP contribution >= 0.6 is 11.3 Å². The minimum atomic E-state index is 0.0983. The fraction of sp³-hybridized carbons (Fsp3) is 0.565. The van der Waals surface area contributed by atoms with E-state index < -0.39 is 0 Å². The summed E-state index contributed by atoms with van der Waals surface area (Å²) in [5.74, 6) is 0.0983. The molecular weight excluding hydrogens is 380 g/mol. The first-order chi connectivity index (χ1) is 13.9. The number of benzene rings is 1. The Morgan fingerprint density at radius 2 is 1.93 bits per heavy atom. The van der Waals surface area contributed by atoms with Crippen molar-refractivity contribution < 1.29 is 4.79 Å². The number of nitrogens with zero attached hydrogens (tertiary/aromatic N) is 3. The molecule has 0 aliphatic carbocycles. The Bertz CT molecular complexity index is 839. The van der Waals surface area contributed by atoms with Crippen LogP contribution in [0.15, 0.2) is 18.2 Å². The Balaban J connectivity index is 1.66. The van der Waals surface area contributed by atoms with Crippen molar-refractivity contribution in [1.29, 1.82) is 0 Å². The predicted octanol–water partition coefficient (Wildman–Crippen LogP) is 3.42. The average Bonchev–Trinajstić information content (AvgIpc) is 3.04. The number of carbonyl (C=O) groups is 1. The maximum absolute atomic E-state index is 12.9. The van der Waals surface area contributed by atoms with Crippen molar-refractivity contribution in [2.75, 3.05) is 39.8 Å². The van der Waals surface area contributed by atoms with E-state index in [2.05, 4.69) is 61.1 Å². The largest absolute Gasteiger partial charge is 0.352 e. The molecular formula is C23H34N4OS. The molecule has 0 spiro atoms. The molecule has 1 atom stereocenters. The van der Waals surface area contributed by atoms with Crippen LogP contribution in [0.2, 0.25) is 0 Å². The van der Waals surface area contributed by atoms with Gasteiger partial charge in [0.15, 0.2) is 0 Å². The maximum atomic E-state index is 12.9. The molecule has 29 heavy (non-hydrogen) atoms. The first-order valence-electron chi connectivity index (χ1n) is 10.6. The highest BCUT2D eigenvalue weighted by Gasteiger charge is 2.21. The van der Waals surface area contributed by atoms with Crippen molar-refractivity contribution >= 4 is 17.2 Å². The van der Waals surface area contributed by atoms with E-state index in [9.17, 15) is 4.79 Å². The third-order valence-corrected chi connectivity index (χ3v) is 6.68. The number of carbonyl (C=O) groups excluding carboxylic acids is 1. The molecule has 1 aromatic heterocycles. The lowest BCUT2D eigenvalue weighted by molar-refractivity contribution is -0.121. The number of likely N-dealkylation sites (N-methyl/N-ethyl adjacent to an activating group) is 1. The number of piperazine rings is 1. The van der Waals surface area contributed by atoms with E-state index in [0.29, 0.717) is 6.42 Å². The van der Waals surface area contributed by atoms with Gasteiger partial charge in [-0.15, -0.1) is 11.3 Å². The zero-order valence-corrected chi connectivity index (χ0v) is 19.2. The molecule has 1 saturated heterocycles. The van der Waals surface area contributed by atoms with Crippen molar-refractivity contribution in [1.82, 2.24) is 20.1 Å². The first kappa shape index (κ1) is 21.9. The van der Waals surface area contributed by atoms with E-state index in [4.69, 9.17) is 4.98 Å². The molecule has 0 saturated carbocycles. The van der Waals surface area contributed by atoms with Crippen LogP contribution in [-0.4, -0.2) is 66.5 Å². The molecule has 1 aliphatic rings. The van der Waals surface area contributed by atoms with Crippen LogP contribution in [0.3, 0.4) is 0 Å². The molecule has 5 nitrogen and oxygen atoms in total. The van der Waals surface area contributed by atoms with E-state index in [1.807, 2.05) is 6.92 Å². The molecule has 0 bridgehead atoms. The summed E-state index contributed by atoms with van der Waals surface area (Å²) < 4.78 is 0. The van der Waals surface area contributed by atoms with E-state index >= 15 is 0 Å². The van der Waals surface area contributed by atoms with Gasteiger partial charge in [0, 0.05) is 49.2 Å². The molecule has 2 aromatic rings. The van der Waals surface area contributed by atoms with Gasteiger partial charge in [-0.1, -0.05) is 24.6 Å². The Morgan fingerprint density at radius 3 is 2.62 bits per heavy atom. The summed E-state index contributed by atoms with van der Waals surface area (Å²) in [6.07, 6.45) is 1.34. The second-order valence-corrected chi connectivity index (χ2v) is 9.56. The Labute approximate surface area is 179 Å². The topological polar surface area (TPSA) is 48.5 Å². The van der Waals surface area contributed by atoms with Crippen molar-refractivity contribution in [3.8, 4) is 11.3 Å². The standard InChI is InChI=1S/C23H34N4OS/c1-6-19(15-27-11-9-26(5)10-12-27)25-22(28)14-21-23(24-18(4)29-21)20-13-16(2)7-8-17(20)3/h7-8,13,19H,6,9-12,14-15H2,1-5H3,(H,25,28)/t19-/m0/s1. The van der Waals surface area contributed by atoms with Gasteiger partial charge in [-0.25, -0.2) is 4.98 Å². The molecule has 0 radical (unpaired) electrons. The summed E-state index contributed by atoms with van der Waals surface area (Å²) in [5, 5.41) is 4.28. The Hall–Kier alpha value is -1.76. The van der Waals surface area contributed by atoms with Crippen LogP contribution in [0.4, 0.5) is 0 Å². The van der Waals surface area contributed by atoms with Crippen molar-refractivity contribution in [3.63, 3.8) is 0 Å². The molecule has 1 fully saturated rings. The van der Waals surface area contributed by atoms with E-state index in [-0.39, 0.29) is 11.9 Å². The average molecular weight is 415 g/mol. The van der Waals surface area contributed by atoms with Gasteiger partial charge in [-0.2, -0.15) is 0 Å². The summed E-state index contributed by atoms with van der Waals surface area (Å²) >= 11 is 1.63. The molecule has 0 unspecified atom stereocenters. The van der Waals surface area contributed by atoms with Gasteiger partial charge in [-0.3, -0.25) is 9.69 Å². The first-order valence-corrected chi connectivity index (χ1v) is 11.4. The van der Waals surface area contributed by atoms with Crippen molar-refractivity contribution in [3.05, 3.63) is 39.2 Å². The number of amides is 1. The van der Waals surface area contributed by atoms with Crippen LogP contribution in [0.1, 0.15) is 34.4 Å². The van der Waals surface area contributed by atoms with Crippen molar-refractivity contribution in [2.45, 2.75) is 46.6 Å². The van der Waals surface area contributed by atoms with Crippen LogP contribution in [-0.2, 0) is 11.2 Å². The lowest BCUT2D eigenvalue weighted by atomic mass is 10.0. The minimum Gasteiger partial charge on any atom is -0.352 e. The van der Waals surface area contributed by atoms with Crippen molar-refractivity contribution in [2.24, 2.45) is 0 Å². The molecule has 6 heteroatoms. The van der Waals surface area contributed by atoms with E-state index in [1.54, 1.807) is 11.3 Å². The third kappa shape index (κ3) is 5.87. The minimum absolute atomic E-state index is 0.0983. The number of aromatic nitrogens is 1. The van der Waals surface area contributed by atoms with Gasteiger partial charge < -0.3 is 10.2 Å². The van der Waals surface area contributed by atoms with Gasteiger partial charge in [0.2, 0.25) is 5.91 Å². The molecule has 2 heterocycles. The molecule has 1 aliphatic heterocycles. The zero-order valence-electron chi connectivity index (χ0n) is 18.4. The van der Waals surface area contributed by atoms with Crippen LogP contribution in [0.5, 0.6) is 0 Å². The highest BCUT2D eigenvalue weighted by atomic mass is 32.1. The smallest absolute Gasteiger partial charge is 0.225 e. The molecule has 3 rings (SSSR count). The van der Waals surface area contributed by atoms with Gasteiger partial charge >= 0.3 is 0 Å². The second-order valence-electron chi connectivity index (χ2n) is 8.28. The van der Waals surface area contributed by atoms with Gasteiger partial charge in [0.1, 0.15) is 0 Å². The van der Waals surface area contributed by atoms with E-state index in [1.165, 1.54) is 11.1 Å². The molecule has 1 amide bonds. The molecule has 1 aromatic carbocycles. The SMILES string of the molecule is CC[C@@H](CN1CCN(C)CC1)NC(=O)Cc1sc(C)nc1-c1cc(C)ccc1C. The second kappa shape index (κ2) is 9.83. The lowest BCUT2D eigenvalue weighted by Crippen LogP contribution is -2.50. The molecule has 1 N–H and O–H groups in total. The summed E-state index contributed by atoms with van der Waals surface area (Å²) in [6, 6.07) is 6.62. The number of thiazole rings is 1. The van der Waals surface area contributed by atoms with Gasteiger partial charge in [0.25, 0.3) is 0 Å². The van der Waals surface area contributed by atoms with Crippen LogP contribution in [0.25, 0.3) is 11.3 Å². The molecule has 158 valence electrons. The maximum Gasteiger partial charge on any atom is 0.225 e. The number of aryl methyl sites for hydroxylation is 3. The number of nitrogens with one attached hydrogen (secondary N) is 1. The predicted molar refractivity (Wildman–Crippen MR) is 122 cm³/mol. The summed E-state index contributed by atoms with van der Waals surface area (Å²) in [7, 11) is 2.17. The Kier molecular flexibility index (Phi) is 7.44. The fourth-order valence-corrected chi connectivity index (χ4v) is 4.78. The highest BCUT2D eigenvalue weighted by Crippen LogP contribution is 2.31. The van der Waals surface area contributed by atoms with E-state index in [0.717, 1.165) is 60.3 Å². The number of hydrogen-bond donors (Lipinski definition) is 1. The third-order valence-electron chi connectivity index (χ3n) is 5.71. The van der Waals surface area contributed by atoms with Gasteiger partial charge in [0.05, 0.1) is 17.1 Å². The van der Waals surface area contributed by atoms with Gasteiger partial charge in [-0.05, 0) is 45.9 Å².